The van der Waals surface area contributed by atoms with E-state index in [9.17, 15) is 9.90 Å². The fourth-order valence-corrected chi connectivity index (χ4v) is 3.48. The lowest BCUT2D eigenvalue weighted by Gasteiger charge is -2.24. The first kappa shape index (κ1) is 16.7. The maximum atomic E-state index is 12.9. The van der Waals surface area contributed by atoms with Gasteiger partial charge in [-0.2, -0.15) is 0 Å². The van der Waals surface area contributed by atoms with Crippen molar-refractivity contribution in [2.75, 3.05) is 11.4 Å². The van der Waals surface area contributed by atoms with Gasteiger partial charge in [-0.05, 0) is 57.8 Å². The standard InChI is InChI=1S/C16H14IN5O2/c17-12-6-2-1-5-11(12)14(23)13(20-21-18)16(24)22-9-7-10-4-3-8-19-15(10)22/h1-6,8,13-14,23H,7,9H2/t13-,14-/m0/s1. The number of nitrogens with zero attached hydrogens (tertiary/aromatic N) is 5. The molecule has 1 N–H and O–H groups in total. The molecular weight excluding hydrogens is 421 g/mol. The summed E-state index contributed by atoms with van der Waals surface area (Å²) in [6.45, 7) is 0.460. The van der Waals surface area contributed by atoms with Gasteiger partial charge in [-0.25, -0.2) is 4.98 Å². The molecule has 1 aromatic carbocycles. The van der Waals surface area contributed by atoms with Gasteiger partial charge in [0, 0.05) is 21.2 Å². The lowest BCUT2D eigenvalue weighted by molar-refractivity contribution is -0.122. The van der Waals surface area contributed by atoms with E-state index in [-0.39, 0.29) is 0 Å². The third-order valence-corrected chi connectivity index (χ3v) is 4.93. The maximum Gasteiger partial charge on any atom is 0.240 e. The van der Waals surface area contributed by atoms with E-state index >= 15 is 0 Å². The van der Waals surface area contributed by atoms with Crippen molar-refractivity contribution < 1.29 is 9.90 Å². The van der Waals surface area contributed by atoms with Crippen LogP contribution in [-0.4, -0.2) is 28.6 Å². The van der Waals surface area contributed by atoms with Crippen molar-refractivity contribution in [2.45, 2.75) is 18.6 Å². The molecule has 0 bridgehead atoms. The third kappa shape index (κ3) is 3.08. The van der Waals surface area contributed by atoms with Crippen LogP contribution in [0.2, 0.25) is 0 Å². The van der Waals surface area contributed by atoms with E-state index in [4.69, 9.17) is 5.53 Å². The van der Waals surface area contributed by atoms with Crippen LogP contribution < -0.4 is 4.90 Å². The number of carbonyl (C=O) groups excluding carboxylic acids is 1. The first-order valence-corrected chi connectivity index (χ1v) is 8.43. The molecule has 2 heterocycles. The Hall–Kier alpha value is -2.16. The zero-order chi connectivity index (χ0) is 17.1. The highest BCUT2D eigenvalue weighted by molar-refractivity contribution is 14.1. The number of amides is 1. The molecule has 0 radical (unpaired) electrons. The molecule has 1 amide bonds. The first-order chi connectivity index (χ1) is 11.6. The van der Waals surface area contributed by atoms with Crippen LogP contribution in [-0.2, 0) is 11.2 Å². The van der Waals surface area contributed by atoms with Crippen molar-refractivity contribution >= 4 is 34.3 Å². The van der Waals surface area contributed by atoms with Crippen LogP contribution in [0, 0.1) is 3.57 Å². The number of hydrogen-bond donors (Lipinski definition) is 1. The molecule has 122 valence electrons. The summed E-state index contributed by atoms with van der Waals surface area (Å²) in [6, 6.07) is 9.64. The van der Waals surface area contributed by atoms with Gasteiger partial charge in [-0.1, -0.05) is 29.4 Å². The van der Waals surface area contributed by atoms with E-state index < -0.39 is 18.1 Å². The van der Waals surface area contributed by atoms with Crippen molar-refractivity contribution in [2.24, 2.45) is 5.11 Å². The highest BCUT2D eigenvalue weighted by Gasteiger charge is 2.35. The zero-order valence-electron chi connectivity index (χ0n) is 12.6. The van der Waals surface area contributed by atoms with E-state index in [1.54, 1.807) is 18.3 Å². The van der Waals surface area contributed by atoms with Crippen LogP contribution in [0.25, 0.3) is 10.4 Å². The quantitative estimate of drug-likeness (QED) is 0.346. The van der Waals surface area contributed by atoms with Gasteiger partial charge in [0.2, 0.25) is 5.91 Å². The number of fused-ring (bicyclic) bond motifs is 1. The number of azide groups is 1. The molecule has 0 saturated carbocycles. The Bertz CT molecular complexity index is 822. The van der Waals surface area contributed by atoms with Crippen molar-refractivity contribution in [3.05, 3.63) is 67.7 Å². The number of rotatable bonds is 4. The molecule has 1 aliphatic heterocycles. The second-order valence-corrected chi connectivity index (χ2v) is 6.50. The Kier molecular flexibility index (Phi) is 4.98. The van der Waals surface area contributed by atoms with E-state index in [1.165, 1.54) is 4.90 Å². The van der Waals surface area contributed by atoms with E-state index in [0.29, 0.717) is 24.3 Å². The van der Waals surface area contributed by atoms with Crippen LogP contribution in [0.4, 0.5) is 5.82 Å². The molecule has 7 nitrogen and oxygen atoms in total. The zero-order valence-corrected chi connectivity index (χ0v) is 14.7. The van der Waals surface area contributed by atoms with Crippen molar-refractivity contribution in [1.29, 1.82) is 0 Å². The minimum Gasteiger partial charge on any atom is -0.387 e. The minimum atomic E-state index is -1.24. The number of aliphatic hydroxyl groups excluding tert-OH is 1. The predicted octanol–water partition coefficient (Wildman–Crippen LogP) is 2.99. The molecule has 24 heavy (non-hydrogen) atoms. The van der Waals surface area contributed by atoms with Crippen molar-refractivity contribution in [1.82, 2.24) is 4.98 Å². The fourth-order valence-electron chi connectivity index (χ4n) is 2.77. The largest absolute Gasteiger partial charge is 0.387 e. The van der Waals surface area contributed by atoms with Gasteiger partial charge in [-0.3, -0.25) is 9.69 Å². The lowest BCUT2D eigenvalue weighted by Crippen LogP contribution is -2.40. The number of carbonyl (C=O) groups is 1. The Labute approximate surface area is 152 Å². The second-order valence-electron chi connectivity index (χ2n) is 5.34. The molecule has 3 rings (SSSR count). The molecule has 8 heteroatoms. The first-order valence-electron chi connectivity index (χ1n) is 7.35. The molecule has 1 aromatic heterocycles. The fraction of sp³-hybridized carbons (Fsp3) is 0.250. The molecule has 0 unspecified atom stereocenters. The van der Waals surface area contributed by atoms with Crippen molar-refractivity contribution in [3.63, 3.8) is 0 Å². The Morgan fingerprint density at radius 1 is 1.38 bits per heavy atom. The van der Waals surface area contributed by atoms with Crippen LogP contribution in [0.1, 0.15) is 17.2 Å². The van der Waals surface area contributed by atoms with Gasteiger partial charge in [0.05, 0.1) is 6.10 Å². The third-order valence-electron chi connectivity index (χ3n) is 3.95. The van der Waals surface area contributed by atoms with Gasteiger partial charge in [0.25, 0.3) is 0 Å². The normalized spacial score (nSPS) is 15.3. The molecule has 1 aliphatic rings. The monoisotopic (exact) mass is 435 g/mol. The number of anilines is 1. The summed E-state index contributed by atoms with van der Waals surface area (Å²) in [7, 11) is 0. The molecule has 2 atom stereocenters. The van der Waals surface area contributed by atoms with Gasteiger partial charge in [0.15, 0.2) is 0 Å². The van der Waals surface area contributed by atoms with Crippen LogP contribution in [0.15, 0.2) is 47.7 Å². The number of hydrogen-bond acceptors (Lipinski definition) is 4. The molecule has 0 aliphatic carbocycles. The number of pyridine rings is 1. The van der Waals surface area contributed by atoms with E-state index in [0.717, 1.165) is 9.13 Å². The van der Waals surface area contributed by atoms with Crippen LogP contribution in [0.3, 0.4) is 0 Å². The Morgan fingerprint density at radius 2 is 2.17 bits per heavy atom. The van der Waals surface area contributed by atoms with Gasteiger partial charge in [0.1, 0.15) is 11.9 Å². The van der Waals surface area contributed by atoms with E-state index in [1.807, 2.05) is 24.3 Å². The summed E-state index contributed by atoms with van der Waals surface area (Å²) in [6.07, 6.45) is 1.09. The molecule has 2 aromatic rings. The topological polar surface area (TPSA) is 102 Å². The van der Waals surface area contributed by atoms with Crippen molar-refractivity contribution in [3.8, 4) is 0 Å². The number of halogens is 1. The highest BCUT2D eigenvalue weighted by Crippen LogP contribution is 2.30. The Balaban J connectivity index is 1.93. The van der Waals surface area contributed by atoms with E-state index in [2.05, 4.69) is 37.6 Å². The molecule has 0 fully saturated rings. The summed E-state index contributed by atoms with van der Waals surface area (Å²) < 4.78 is 0.800. The number of aliphatic hydroxyl groups is 1. The lowest BCUT2D eigenvalue weighted by atomic mass is 10.0. The number of aromatic nitrogens is 1. The summed E-state index contributed by atoms with van der Waals surface area (Å²) in [4.78, 5) is 21.4. The molecule has 0 saturated heterocycles. The van der Waals surface area contributed by atoms with Crippen LogP contribution in [0.5, 0.6) is 0 Å². The predicted molar refractivity (Wildman–Crippen MR) is 97.3 cm³/mol. The molecule has 0 spiro atoms. The van der Waals surface area contributed by atoms with Gasteiger partial charge < -0.3 is 5.11 Å². The highest BCUT2D eigenvalue weighted by atomic mass is 127. The minimum absolute atomic E-state index is 0.447. The summed E-state index contributed by atoms with van der Waals surface area (Å²) in [5, 5.41) is 14.2. The maximum absolute atomic E-state index is 12.9. The average molecular weight is 435 g/mol. The average Bonchev–Trinajstić information content (AvgIpc) is 3.03. The van der Waals surface area contributed by atoms with Gasteiger partial charge in [-0.15, -0.1) is 0 Å². The summed E-state index contributed by atoms with van der Waals surface area (Å²) in [5.41, 5.74) is 10.4. The molecular formula is C16H14IN5O2. The Morgan fingerprint density at radius 3 is 2.92 bits per heavy atom. The summed E-state index contributed by atoms with van der Waals surface area (Å²) in [5.74, 6) is 0.119. The second kappa shape index (κ2) is 7.16. The van der Waals surface area contributed by atoms with Gasteiger partial charge >= 0.3 is 0 Å². The van der Waals surface area contributed by atoms with Crippen LogP contribution >= 0.6 is 22.6 Å². The number of benzene rings is 1. The summed E-state index contributed by atoms with van der Waals surface area (Å²) >= 11 is 2.08. The SMILES string of the molecule is [N-]=[N+]=N[C@H](C(=O)N1CCc2cccnc21)[C@@H](O)c1ccccc1I. The smallest absolute Gasteiger partial charge is 0.240 e.